The van der Waals surface area contributed by atoms with Crippen LogP contribution in [0.1, 0.15) is 11.1 Å². The molecule has 0 aliphatic rings. The van der Waals surface area contributed by atoms with E-state index in [1.165, 1.54) is 6.07 Å². The molecule has 0 heterocycles. The molecule has 19 heavy (non-hydrogen) atoms. The first-order valence-corrected chi connectivity index (χ1v) is 6.75. The van der Waals surface area contributed by atoms with Gasteiger partial charge in [0.05, 0.1) is 5.02 Å². The number of hydrogen-bond donors (Lipinski definition) is 1. The summed E-state index contributed by atoms with van der Waals surface area (Å²) in [4.78, 5) is 0. The summed E-state index contributed by atoms with van der Waals surface area (Å²) in [5.74, 6) is -0.412. The van der Waals surface area contributed by atoms with Crippen molar-refractivity contribution in [2.75, 3.05) is 0 Å². The Hall–Kier alpha value is -1.09. The van der Waals surface area contributed by atoms with E-state index in [0.717, 1.165) is 16.1 Å². The highest BCUT2D eigenvalue weighted by molar-refractivity contribution is 6.31. The molecular formula is C15H14Cl2FN. The highest BCUT2D eigenvalue weighted by atomic mass is 35.5. The van der Waals surface area contributed by atoms with Crippen molar-refractivity contribution in [3.05, 3.63) is 69.5 Å². The van der Waals surface area contributed by atoms with Crippen LogP contribution in [0.15, 0.2) is 42.5 Å². The van der Waals surface area contributed by atoms with Gasteiger partial charge in [0, 0.05) is 11.1 Å². The van der Waals surface area contributed by atoms with Crippen LogP contribution < -0.4 is 5.73 Å². The summed E-state index contributed by atoms with van der Waals surface area (Å²) >= 11 is 11.8. The zero-order valence-corrected chi connectivity index (χ0v) is 11.8. The Bertz CT molecular complexity index is 572. The minimum atomic E-state index is -0.412. The van der Waals surface area contributed by atoms with Crippen molar-refractivity contribution >= 4 is 23.2 Å². The van der Waals surface area contributed by atoms with E-state index >= 15 is 0 Å². The molecule has 1 nitrogen and oxygen atoms in total. The van der Waals surface area contributed by atoms with Crippen LogP contribution in [-0.4, -0.2) is 6.04 Å². The molecule has 0 fully saturated rings. The summed E-state index contributed by atoms with van der Waals surface area (Å²) in [6.07, 6.45) is 1.31. The Labute approximate surface area is 122 Å². The first-order chi connectivity index (χ1) is 9.06. The van der Waals surface area contributed by atoms with Crippen molar-refractivity contribution in [3.8, 4) is 0 Å². The average Bonchev–Trinajstić information content (AvgIpc) is 2.37. The zero-order valence-electron chi connectivity index (χ0n) is 10.2. The normalized spacial score (nSPS) is 12.4. The topological polar surface area (TPSA) is 26.0 Å². The molecule has 0 amide bonds. The van der Waals surface area contributed by atoms with Gasteiger partial charge < -0.3 is 5.73 Å². The van der Waals surface area contributed by atoms with Crippen molar-refractivity contribution in [3.63, 3.8) is 0 Å². The molecule has 4 heteroatoms. The number of benzene rings is 2. The van der Waals surface area contributed by atoms with E-state index in [-0.39, 0.29) is 11.1 Å². The van der Waals surface area contributed by atoms with Gasteiger partial charge in [0.25, 0.3) is 0 Å². The van der Waals surface area contributed by atoms with Gasteiger partial charge in [0.15, 0.2) is 0 Å². The lowest BCUT2D eigenvalue weighted by Gasteiger charge is -2.13. The van der Waals surface area contributed by atoms with Crippen LogP contribution in [0.2, 0.25) is 10.0 Å². The summed E-state index contributed by atoms with van der Waals surface area (Å²) in [6.45, 7) is 0. The summed E-state index contributed by atoms with van der Waals surface area (Å²) < 4.78 is 13.1. The molecule has 0 saturated heterocycles. The summed E-state index contributed by atoms with van der Waals surface area (Å²) in [5.41, 5.74) is 8.04. The molecule has 0 aliphatic carbocycles. The number of halogens is 3. The van der Waals surface area contributed by atoms with Gasteiger partial charge in [-0.05, 0) is 42.2 Å². The van der Waals surface area contributed by atoms with E-state index in [0.29, 0.717) is 12.8 Å². The first kappa shape index (κ1) is 14.3. The van der Waals surface area contributed by atoms with Crippen LogP contribution in [0.5, 0.6) is 0 Å². The Morgan fingerprint density at radius 3 is 2.42 bits per heavy atom. The maximum Gasteiger partial charge on any atom is 0.141 e. The number of rotatable bonds is 4. The molecule has 0 saturated carbocycles. The van der Waals surface area contributed by atoms with Crippen LogP contribution in [-0.2, 0) is 12.8 Å². The van der Waals surface area contributed by atoms with Gasteiger partial charge in [-0.25, -0.2) is 4.39 Å². The SMILES string of the molecule is NC(Cc1ccc(F)c(Cl)c1)Cc1ccccc1Cl. The molecular weight excluding hydrogens is 284 g/mol. The fourth-order valence-electron chi connectivity index (χ4n) is 1.99. The molecule has 2 N–H and O–H groups in total. The molecule has 0 aromatic heterocycles. The molecule has 0 spiro atoms. The van der Waals surface area contributed by atoms with Crippen LogP contribution in [0.4, 0.5) is 4.39 Å². The summed E-state index contributed by atoms with van der Waals surface area (Å²) in [5, 5.41) is 0.845. The average molecular weight is 298 g/mol. The smallest absolute Gasteiger partial charge is 0.141 e. The highest BCUT2D eigenvalue weighted by Gasteiger charge is 2.09. The van der Waals surface area contributed by atoms with Crippen molar-refractivity contribution in [2.24, 2.45) is 5.73 Å². The molecule has 2 rings (SSSR count). The lowest BCUT2D eigenvalue weighted by molar-refractivity contribution is 0.624. The van der Waals surface area contributed by atoms with Crippen molar-refractivity contribution < 1.29 is 4.39 Å². The predicted molar refractivity (Wildman–Crippen MR) is 78.2 cm³/mol. The van der Waals surface area contributed by atoms with Crippen LogP contribution in [0.3, 0.4) is 0 Å². The highest BCUT2D eigenvalue weighted by Crippen LogP contribution is 2.19. The third-order valence-electron chi connectivity index (χ3n) is 2.92. The summed E-state index contributed by atoms with van der Waals surface area (Å²) in [6, 6.07) is 12.2. The van der Waals surface area contributed by atoms with E-state index in [1.807, 2.05) is 24.3 Å². The van der Waals surface area contributed by atoms with Gasteiger partial charge in [0.1, 0.15) is 5.82 Å². The molecule has 0 bridgehead atoms. The molecule has 2 aromatic carbocycles. The minimum absolute atomic E-state index is 0.0820. The van der Waals surface area contributed by atoms with Gasteiger partial charge in [0.2, 0.25) is 0 Å². The summed E-state index contributed by atoms with van der Waals surface area (Å²) in [7, 11) is 0. The molecule has 100 valence electrons. The van der Waals surface area contributed by atoms with Crippen LogP contribution in [0, 0.1) is 5.82 Å². The van der Waals surface area contributed by atoms with Crippen LogP contribution in [0.25, 0.3) is 0 Å². The third-order valence-corrected chi connectivity index (χ3v) is 3.58. The predicted octanol–water partition coefficient (Wildman–Crippen LogP) is 4.25. The van der Waals surface area contributed by atoms with Crippen molar-refractivity contribution in [1.29, 1.82) is 0 Å². The monoisotopic (exact) mass is 297 g/mol. The second-order valence-corrected chi connectivity index (χ2v) is 5.32. The Morgan fingerprint density at radius 1 is 1.00 bits per heavy atom. The van der Waals surface area contributed by atoms with E-state index in [2.05, 4.69) is 0 Å². The Kier molecular flexibility index (Phi) is 4.81. The Morgan fingerprint density at radius 2 is 1.74 bits per heavy atom. The van der Waals surface area contributed by atoms with Gasteiger partial charge in [-0.15, -0.1) is 0 Å². The van der Waals surface area contributed by atoms with Gasteiger partial charge in [-0.3, -0.25) is 0 Å². The van der Waals surface area contributed by atoms with E-state index < -0.39 is 5.82 Å². The van der Waals surface area contributed by atoms with E-state index in [1.54, 1.807) is 12.1 Å². The maximum atomic E-state index is 13.1. The number of nitrogens with two attached hydrogens (primary N) is 1. The molecule has 1 unspecified atom stereocenters. The van der Waals surface area contributed by atoms with E-state index in [4.69, 9.17) is 28.9 Å². The largest absolute Gasteiger partial charge is 0.327 e. The first-order valence-electron chi connectivity index (χ1n) is 5.99. The van der Waals surface area contributed by atoms with Crippen molar-refractivity contribution in [1.82, 2.24) is 0 Å². The molecule has 0 radical (unpaired) electrons. The van der Waals surface area contributed by atoms with Gasteiger partial charge >= 0.3 is 0 Å². The molecule has 1 atom stereocenters. The van der Waals surface area contributed by atoms with E-state index in [9.17, 15) is 4.39 Å². The molecule has 2 aromatic rings. The zero-order chi connectivity index (χ0) is 13.8. The Balaban J connectivity index is 2.03. The fourth-order valence-corrected chi connectivity index (χ4v) is 2.40. The van der Waals surface area contributed by atoms with Gasteiger partial charge in [-0.1, -0.05) is 47.5 Å². The molecule has 0 aliphatic heterocycles. The number of hydrogen-bond acceptors (Lipinski definition) is 1. The maximum absolute atomic E-state index is 13.1. The second-order valence-electron chi connectivity index (χ2n) is 4.51. The lowest BCUT2D eigenvalue weighted by atomic mass is 10.00. The minimum Gasteiger partial charge on any atom is -0.327 e. The van der Waals surface area contributed by atoms with Crippen LogP contribution >= 0.6 is 23.2 Å². The fraction of sp³-hybridized carbons (Fsp3) is 0.200. The quantitative estimate of drug-likeness (QED) is 0.897. The van der Waals surface area contributed by atoms with Crippen molar-refractivity contribution in [2.45, 2.75) is 18.9 Å². The van der Waals surface area contributed by atoms with Gasteiger partial charge in [-0.2, -0.15) is 0 Å². The standard InChI is InChI=1S/C15H14Cl2FN/c16-13-4-2-1-3-11(13)9-12(19)7-10-5-6-15(18)14(17)8-10/h1-6,8,12H,7,9,19H2. The third kappa shape index (κ3) is 3.93. The second kappa shape index (κ2) is 6.38. The lowest BCUT2D eigenvalue weighted by Crippen LogP contribution is -2.25.